The molecule has 1 aliphatic rings. The number of hydrogen-bond acceptors (Lipinski definition) is 5. The second-order valence-corrected chi connectivity index (χ2v) is 9.10. The normalized spacial score (nSPS) is 17.3. The van der Waals surface area contributed by atoms with Gasteiger partial charge in [0.1, 0.15) is 4.21 Å². The molecule has 1 amide bonds. The summed E-state index contributed by atoms with van der Waals surface area (Å²) in [4.78, 5) is 12.7. The van der Waals surface area contributed by atoms with Crippen molar-refractivity contribution in [2.75, 3.05) is 26.2 Å². The first-order valence-electron chi connectivity index (χ1n) is 8.02. The third kappa shape index (κ3) is 5.00. The summed E-state index contributed by atoms with van der Waals surface area (Å²) in [6.07, 6.45) is 2.06. The van der Waals surface area contributed by atoms with E-state index < -0.39 is 10.0 Å². The summed E-state index contributed by atoms with van der Waals surface area (Å²) in [6, 6.07) is 3.57. The van der Waals surface area contributed by atoms with Crippen molar-refractivity contribution < 1.29 is 13.2 Å². The molecule has 130 valence electrons. The number of sulfonamides is 1. The van der Waals surface area contributed by atoms with Gasteiger partial charge < -0.3 is 10.6 Å². The first-order chi connectivity index (χ1) is 10.9. The third-order valence-electron chi connectivity index (χ3n) is 3.79. The van der Waals surface area contributed by atoms with Gasteiger partial charge in [0.2, 0.25) is 5.91 Å². The number of amides is 1. The number of likely N-dealkylation sites (N-methyl/N-ethyl adjacent to an activating group) is 1. The van der Waals surface area contributed by atoms with E-state index in [4.69, 9.17) is 0 Å². The molecule has 0 bridgehead atoms. The van der Waals surface area contributed by atoms with Crippen LogP contribution in [-0.4, -0.2) is 50.9 Å². The van der Waals surface area contributed by atoms with Gasteiger partial charge in [-0.1, -0.05) is 6.92 Å². The van der Waals surface area contributed by atoms with E-state index in [0.717, 1.165) is 24.3 Å². The Kier molecular flexibility index (Phi) is 6.58. The van der Waals surface area contributed by atoms with Gasteiger partial charge in [-0.05, 0) is 38.4 Å². The van der Waals surface area contributed by atoms with E-state index in [9.17, 15) is 13.2 Å². The topological polar surface area (TPSA) is 78.5 Å². The van der Waals surface area contributed by atoms with E-state index in [0.29, 0.717) is 23.8 Å². The molecule has 0 aliphatic carbocycles. The zero-order chi connectivity index (χ0) is 16.9. The summed E-state index contributed by atoms with van der Waals surface area (Å²) in [5.41, 5.74) is 0. The Morgan fingerprint density at radius 3 is 2.70 bits per heavy atom. The van der Waals surface area contributed by atoms with Crippen LogP contribution in [0.25, 0.3) is 0 Å². The average Bonchev–Trinajstić information content (AvgIpc) is 3.17. The minimum Gasteiger partial charge on any atom is -0.354 e. The largest absolute Gasteiger partial charge is 0.354 e. The third-order valence-corrected chi connectivity index (χ3v) is 7.24. The van der Waals surface area contributed by atoms with Gasteiger partial charge in [0.05, 0.1) is 6.42 Å². The molecule has 2 N–H and O–H groups in total. The molecular weight excluding hydrogens is 334 g/mol. The number of thiophene rings is 1. The number of nitrogens with one attached hydrogen (secondary N) is 2. The summed E-state index contributed by atoms with van der Waals surface area (Å²) in [6.45, 7) is 6.65. The summed E-state index contributed by atoms with van der Waals surface area (Å²) in [7, 11) is -3.38. The molecular formula is C15H25N3O3S2. The molecule has 1 aliphatic heterocycles. The van der Waals surface area contributed by atoms with Crippen LogP contribution in [0, 0.1) is 0 Å². The highest BCUT2D eigenvalue weighted by Gasteiger charge is 2.28. The Balaban J connectivity index is 1.90. The van der Waals surface area contributed by atoms with Crippen LogP contribution in [0.3, 0.4) is 0 Å². The van der Waals surface area contributed by atoms with Gasteiger partial charge in [0.15, 0.2) is 0 Å². The number of nitrogens with zero attached hydrogens (tertiary/aromatic N) is 1. The van der Waals surface area contributed by atoms with Crippen LogP contribution in [0.15, 0.2) is 16.3 Å². The molecule has 0 spiro atoms. The fourth-order valence-electron chi connectivity index (χ4n) is 2.56. The van der Waals surface area contributed by atoms with Gasteiger partial charge in [-0.3, -0.25) is 4.79 Å². The average molecular weight is 360 g/mol. The van der Waals surface area contributed by atoms with Crippen LogP contribution < -0.4 is 10.6 Å². The van der Waals surface area contributed by atoms with E-state index in [1.165, 1.54) is 15.6 Å². The van der Waals surface area contributed by atoms with Crippen LogP contribution in [0.1, 0.15) is 31.6 Å². The quantitative estimate of drug-likeness (QED) is 0.731. The first kappa shape index (κ1) is 18.4. The molecule has 0 radical (unpaired) electrons. The highest BCUT2D eigenvalue weighted by atomic mass is 32.2. The molecule has 1 aromatic rings. The molecule has 23 heavy (non-hydrogen) atoms. The van der Waals surface area contributed by atoms with E-state index >= 15 is 0 Å². The number of carbonyl (C=O) groups is 1. The number of carbonyl (C=O) groups excluding carboxylic acids is 1. The van der Waals surface area contributed by atoms with Crippen LogP contribution in [-0.2, 0) is 21.2 Å². The zero-order valence-corrected chi connectivity index (χ0v) is 15.3. The smallest absolute Gasteiger partial charge is 0.252 e. The molecule has 1 fully saturated rings. The van der Waals surface area contributed by atoms with E-state index in [-0.39, 0.29) is 18.4 Å². The maximum Gasteiger partial charge on any atom is 0.252 e. The predicted octanol–water partition coefficient (Wildman–Crippen LogP) is 1.19. The van der Waals surface area contributed by atoms with Gasteiger partial charge in [-0.15, -0.1) is 11.3 Å². The van der Waals surface area contributed by atoms with E-state index in [2.05, 4.69) is 10.6 Å². The molecule has 1 atom stereocenters. The molecule has 0 unspecified atom stereocenters. The van der Waals surface area contributed by atoms with E-state index in [1.54, 1.807) is 12.1 Å². The van der Waals surface area contributed by atoms with Crippen LogP contribution >= 0.6 is 11.3 Å². The fourth-order valence-corrected chi connectivity index (χ4v) is 5.58. The zero-order valence-electron chi connectivity index (χ0n) is 13.7. The lowest BCUT2D eigenvalue weighted by molar-refractivity contribution is -0.120. The molecule has 2 rings (SSSR count). The highest BCUT2D eigenvalue weighted by molar-refractivity contribution is 7.91. The second kappa shape index (κ2) is 8.23. The van der Waals surface area contributed by atoms with Crippen molar-refractivity contribution in [3.8, 4) is 0 Å². The molecule has 1 saturated heterocycles. The Hall–Kier alpha value is -0.960. The predicted molar refractivity (Wildman–Crippen MR) is 92.2 cm³/mol. The van der Waals surface area contributed by atoms with Crippen molar-refractivity contribution in [1.29, 1.82) is 0 Å². The number of rotatable bonds is 8. The number of hydrogen-bond donors (Lipinski definition) is 2. The van der Waals surface area contributed by atoms with Crippen molar-refractivity contribution in [3.63, 3.8) is 0 Å². The van der Waals surface area contributed by atoms with Crippen molar-refractivity contribution >= 4 is 27.3 Å². The van der Waals surface area contributed by atoms with Gasteiger partial charge in [-0.25, -0.2) is 8.42 Å². The second-order valence-electron chi connectivity index (χ2n) is 5.77. The van der Waals surface area contributed by atoms with Crippen LogP contribution in [0.5, 0.6) is 0 Å². The summed E-state index contributed by atoms with van der Waals surface area (Å²) in [5.74, 6) is -0.0817. The molecule has 2 heterocycles. The van der Waals surface area contributed by atoms with Crippen LogP contribution in [0.2, 0.25) is 0 Å². The van der Waals surface area contributed by atoms with E-state index in [1.807, 2.05) is 13.8 Å². The Morgan fingerprint density at radius 2 is 2.04 bits per heavy atom. The monoisotopic (exact) mass is 359 g/mol. The van der Waals surface area contributed by atoms with Crippen molar-refractivity contribution in [1.82, 2.24) is 14.9 Å². The fraction of sp³-hybridized carbons (Fsp3) is 0.667. The Labute approximate surface area is 142 Å². The maximum absolute atomic E-state index is 12.4. The summed E-state index contributed by atoms with van der Waals surface area (Å²) in [5, 5.41) is 6.09. The van der Waals surface area contributed by atoms with Gasteiger partial charge in [0, 0.05) is 30.6 Å². The lowest BCUT2D eigenvalue weighted by Crippen LogP contribution is -2.39. The van der Waals surface area contributed by atoms with Crippen molar-refractivity contribution in [2.24, 2.45) is 0 Å². The SMILES string of the molecule is CCN[C@H](C)CNC(=O)Cc1ccc(S(=O)(=O)N2CCCC2)s1. The molecule has 0 aromatic carbocycles. The van der Waals surface area contributed by atoms with Gasteiger partial charge >= 0.3 is 0 Å². The van der Waals surface area contributed by atoms with Gasteiger partial charge in [0.25, 0.3) is 10.0 Å². The maximum atomic E-state index is 12.4. The Bertz CT molecular complexity index is 622. The van der Waals surface area contributed by atoms with Crippen LogP contribution in [0.4, 0.5) is 0 Å². The Morgan fingerprint density at radius 1 is 1.35 bits per heavy atom. The minimum absolute atomic E-state index is 0.0817. The van der Waals surface area contributed by atoms with Gasteiger partial charge in [-0.2, -0.15) is 4.31 Å². The van der Waals surface area contributed by atoms with Crippen molar-refractivity contribution in [2.45, 2.75) is 43.4 Å². The minimum atomic E-state index is -3.38. The molecule has 1 aromatic heterocycles. The lowest BCUT2D eigenvalue weighted by Gasteiger charge is -2.13. The summed E-state index contributed by atoms with van der Waals surface area (Å²) >= 11 is 1.19. The molecule has 6 nitrogen and oxygen atoms in total. The first-order valence-corrected chi connectivity index (χ1v) is 10.3. The van der Waals surface area contributed by atoms with Crippen molar-refractivity contribution in [3.05, 3.63) is 17.0 Å². The lowest BCUT2D eigenvalue weighted by atomic mass is 10.3. The summed E-state index contributed by atoms with van der Waals surface area (Å²) < 4.78 is 26.8. The standard InChI is InChI=1S/C15H25N3O3S2/c1-3-16-12(2)11-17-14(19)10-13-6-7-15(22-13)23(20,21)18-8-4-5-9-18/h6-7,12,16H,3-5,8-11H2,1-2H3,(H,17,19)/t12-/m1/s1. The highest BCUT2D eigenvalue weighted by Crippen LogP contribution is 2.27. The molecule has 0 saturated carbocycles. The molecule has 8 heteroatoms.